The summed E-state index contributed by atoms with van der Waals surface area (Å²) in [6.07, 6.45) is 2.75. The Morgan fingerprint density at radius 1 is 1.23 bits per heavy atom. The lowest BCUT2D eigenvalue weighted by Crippen LogP contribution is -2.16. The van der Waals surface area contributed by atoms with Crippen molar-refractivity contribution >= 4 is 62.1 Å². The van der Waals surface area contributed by atoms with Crippen LogP contribution in [0.2, 0.25) is 0 Å². The minimum atomic E-state index is -0.426. The lowest BCUT2D eigenvalue weighted by molar-refractivity contribution is -0.113. The fourth-order valence-corrected chi connectivity index (χ4v) is 5.95. The molecule has 7 nitrogen and oxygen atoms in total. The molecule has 1 amide bonds. The SMILES string of the molecule is COC(=O)c1c(NC(=O)CSc2nnc(Nc3ccccc3F)s2)sc2c1CCC2. The molecular weight excluding hydrogens is 447 g/mol. The molecule has 156 valence electrons. The monoisotopic (exact) mass is 464 g/mol. The number of nitrogens with zero attached hydrogens (tertiary/aromatic N) is 2. The minimum absolute atomic E-state index is 0.109. The third-order valence-corrected chi connectivity index (χ3v) is 7.59. The number of carbonyl (C=O) groups excluding carboxylic acids is 2. The topological polar surface area (TPSA) is 93.2 Å². The van der Waals surface area contributed by atoms with Crippen molar-refractivity contribution in [3.63, 3.8) is 0 Å². The summed E-state index contributed by atoms with van der Waals surface area (Å²) >= 11 is 3.88. The van der Waals surface area contributed by atoms with E-state index in [0.717, 1.165) is 29.7 Å². The highest BCUT2D eigenvalue weighted by atomic mass is 32.2. The molecule has 2 N–H and O–H groups in total. The summed E-state index contributed by atoms with van der Waals surface area (Å²) in [6, 6.07) is 6.28. The molecule has 4 rings (SSSR count). The van der Waals surface area contributed by atoms with Crippen molar-refractivity contribution in [1.82, 2.24) is 10.2 Å². The van der Waals surface area contributed by atoms with Gasteiger partial charge in [-0.3, -0.25) is 4.79 Å². The second kappa shape index (κ2) is 9.11. The van der Waals surface area contributed by atoms with E-state index in [2.05, 4.69) is 20.8 Å². The zero-order valence-electron chi connectivity index (χ0n) is 15.9. The Bertz CT molecular complexity index is 1100. The Kier molecular flexibility index (Phi) is 6.30. The van der Waals surface area contributed by atoms with Gasteiger partial charge in [-0.15, -0.1) is 21.5 Å². The number of esters is 1. The summed E-state index contributed by atoms with van der Waals surface area (Å²) in [5.74, 6) is -0.947. The van der Waals surface area contributed by atoms with Crippen LogP contribution in [0.1, 0.15) is 27.2 Å². The first-order valence-electron chi connectivity index (χ1n) is 9.05. The molecule has 0 unspecified atom stereocenters. The average molecular weight is 465 g/mol. The number of halogens is 1. The van der Waals surface area contributed by atoms with E-state index in [4.69, 9.17) is 4.74 Å². The van der Waals surface area contributed by atoms with Gasteiger partial charge in [0.2, 0.25) is 11.0 Å². The van der Waals surface area contributed by atoms with Crippen molar-refractivity contribution in [2.45, 2.75) is 23.6 Å². The molecule has 0 atom stereocenters. The van der Waals surface area contributed by atoms with E-state index < -0.39 is 5.97 Å². The molecule has 3 aromatic rings. The molecule has 1 aromatic carbocycles. The van der Waals surface area contributed by atoms with Crippen LogP contribution in [0.25, 0.3) is 0 Å². The molecule has 1 aliphatic rings. The van der Waals surface area contributed by atoms with E-state index in [-0.39, 0.29) is 17.5 Å². The van der Waals surface area contributed by atoms with Crippen molar-refractivity contribution in [3.05, 3.63) is 46.1 Å². The smallest absolute Gasteiger partial charge is 0.341 e. The lowest BCUT2D eigenvalue weighted by Gasteiger charge is -2.06. The molecule has 0 fully saturated rings. The fraction of sp³-hybridized carbons (Fsp3) is 0.263. The first-order chi connectivity index (χ1) is 14.5. The van der Waals surface area contributed by atoms with E-state index in [1.165, 1.54) is 47.6 Å². The van der Waals surface area contributed by atoms with Crippen LogP contribution in [-0.4, -0.2) is 34.9 Å². The maximum atomic E-state index is 13.7. The summed E-state index contributed by atoms with van der Waals surface area (Å²) in [4.78, 5) is 25.7. The zero-order chi connectivity index (χ0) is 21.1. The zero-order valence-corrected chi connectivity index (χ0v) is 18.3. The molecule has 11 heteroatoms. The number of rotatable bonds is 7. The number of methoxy groups -OCH3 is 1. The third-order valence-electron chi connectivity index (χ3n) is 4.41. The van der Waals surface area contributed by atoms with Crippen LogP contribution in [0.4, 0.5) is 20.2 Å². The number of thiophene rings is 1. The van der Waals surface area contributed by atoms with E-state index >= 15 is 0 Å². The summed E-state index contributed by atoms with van der Waals surface area (Å²) < 4.78 is 19.2. The molecule has 1 aliphatic carbocycles. The third kappa shape index (κ3) is 4.47. The van der Waals surface area contributed by atoms with E-state index in [1.807, 2.05) is 0 Å². The quantitative estimate of drug-likeness (QED) is 0.393. The van der Waals surface area contributed by atoms with Gasteiger partial charge in [-0.05, 0) is 37.0 Å². The molecule has 0 saturated carbocycles. The Morgan fingerprint density at radius 3 is 2.87 bits per heavy atom. The second-order valence-corrected chi connectivity index (χ2v) is 9.67. The summed E-state index contributed by atoms with van der Waals surface area (Å²) in [5, 5.41) is 14.7. The van der Waals surface area contributed by atoms with Crippen LogP contribution in [-0.2, 0) is 22.4 Å². The highest BCUT2D eigenvalue weighted by Crippen LogP contribution is 2.39. The lowest BCUT2D eigenvalue weighted by atomic mass is 10.1. The van der Waals surface area contributed by atoms with Gasteiger partial charge in [0, 0.05) is 4.88 Å². The minimum Gasteiger partial charge on any atom is -0.465 e. The number of benzene rings is 1. The largest absolute Gasteiger partial charge is 0.465 e. The number of fused-ring (bicyclic) bond motifs is 1. The number of aryl methyl sites for hydroxylation is 1. The van der Waals surface area contributed by atoms with E-state index in [1.54, 1.807) is 18.2 Å². The highest BCUT2D eigenvalue weighted by molar-refractivity contribution is 8.01. The number of nitrogens with one attached hydrogen (secondary N) is 2. The van der Waals surface area contributed by atoms with Crippen molar-refractivity contribution in [2.75, 3.05) is 23.5 Å². The molecule has 2 aromatic heterocycles. The van der Waals surface area contributed by atoms with Gasteiger partial charge in [-0.25, -0.2) is 9.18 Å². The van der Waals surface area contributed by atoms with Gasteiger partial charge in [-0.2, -0.15) is 0 Å². The number of hydrogen-bond acceptors (Lipinski definition) is 9. The van der Waals surface area contributed by atoms with Crippen molar-refractivity contribution in [1.29, 1.82) is 0 Å². The van der Waals surface area contributed by atoms with E-state index in [9.17, 15) is 14.0 Å². The molecular formula is C19H17FN4O3S3. The summed E-state index contributed by atoms with van der Waals surface area (Å²) in [7, 11) is 1.34. The average Bonchev–Trinajstić information content (AvgIpc) is 3.44. The number of ether oxygens (including phenoxy) is 1. The van der Waals surface area contributed by atoms with Gasteiger partial charge in [-0.1, -0.05) is 35.2 Å². The number of carbonyl (C=O) groups is 2. The van der Waals surface area contributed by atoms with Crippen LogP contribution >= 0.6 is 34.4 Å². The predicted molar refractivity (Wildman–Crippen MR) is 117 cm³/mol. The Labute approximate surface area is 184 Å². The van der Waals surface area contributed by atoms with Gasteiger partial charge in [0.1, 0.15) is 10.8 Å². The van der Waals surface area contributed by atoms with Crippen molar-refractivity contribution in [2.24, 2.45) is 0 Å². The highest BCUT2D eigenvalue weighted by Gasteiger charge is 2.28. The summed E-state index contributed by atoms with van der Waals surface area (Å²) in [5.41, 5.74) is 1.77. The molecule has 30 heavy (non-hydrogen) atoms. The predicted octanol–water partition coefficient (Wildman–Crippen LogP) is 4.49. The second-order valence-electron chi connectivity index (χ2n) is 6.37. The van der Waals surface area contributed by atoms with Gasteiger partial charge >= 0.3 is 5.97 Å². The maximum absolute atomic E-state index is 13.7. The number of thioether (sulfide) groups is 1. The van der Waals surface area contributed by atoms with Crippen LogP contribution in [0, 0.1) is 5.82 Å². The number of para-hydroxylation sites is 1. The Hall–Kier alpha value is -2.50. The number of amides is 1. The Balaban J connectivity index is 1.37. The van der Waals surface area contributed by atoms with Crippen LogP contribution in [0.5, 0.6) is 0 Å². The van der Waals surface area contributed by atoms with Gasteiger partial charge in [0.05, 0.1) is 24.1 Å². The molecule has 0 spiro atoms. The fourth-order valence-electron chi connectivity index (χ4n) is 3.10. The maximum Gasteiger partial charge on any atom is 0.341 e. The first kappa shape index (κ1) is 20.8. The van der Waals surface area contributed by atoms with Gasteiger partial charge in [0.25, 0.3) is 0 Å². The van der Waals surface area contributed by atoms with Crippen molar-refractivity contribution in [3.8, 4) is 0 Å². The molecule has 0 saturated heterocycles. The standard InChI is InChI=1S/C19H17FN4O3S3/c1-27-17(26)15-10-5-4-8-13(10)29-16(15)22-14(25)9-28-19-24-23-18(30-19)21-12-7-3-2-6-11(12)20/h2-3,6-7H,4-5,8-9H2,1H3,(H,21,23)(H,22,25). The first-order valence-corrected chi connectivity index (χ1v) is 11.7. The number of anilines is 3. The van der Waals surface area contributed by atoms with Gasteiger partial charge in [0.15, 0.2) is 4.34 Å². The molecule has 0 aliphatic heterocycles. The van der Waals surface area contributed by atoms with Crippen molar-refractivity contribution < 1.29 is 18.7 Å². The number of hydrogen-bond donors (Lipinski definition) is 2. The number of aromatic nitrogens is 2. The summed E-state index contributed by atoms with van der Waals surface area (Å²) in [6.45, 7) is 0. The molecule has 2 heterocycles. The van der Waals surface area contributed by atoms with E-state index in [0.29, 0.717) is 25.7 Å². The van der Waals surface area contributed by atoms with Crippen LogP contribution < -0.4 is 10.6 Å². The molecule has 0 radical (unpaired) electrons. The molecule has 0 bridgehead atoms. The van der Waals surface area contributed by atoms with Crippen LogP contribution in [0.15, 0.2) is 28.6 Å². The normalized spacial score (nSPS) is 12.5. The Morgan fingerprint density at radius 2 is 2.07 bits per heavy atom. The van der Waals surface area contributed by atoms with Crippen LogP contribution in [0.3, 0.4) is 0 Å². The van der Waals surface area contributed by atoms with Gasteiger partial charge < -0.3 is 15.4 Å².